The van der Waals surface area contributed by atoms with Crippen LogP contribution in [0.3, 0.4) is 0 Å². The number of hydrogen-bond acceptors (Lipinski definition) is 6. The number of aryl methyl sites for hydroxylation is 3. The van der Waals surface area contributed by atoms with E-state index in [4.69, 9.17) is 5.26 Å². The Kier molecular flexibility index (Phi) is 4.40. The van der Waals surface area contributed by atoms with Gasteiger partial charge in [0.15, 0.2) is 0 Å². The van der Waals surface area contributed by atoms with Crippen LogP contribution in [0.15, 0.2) is 6.20 Å². The molecule has 10 heteroatoms. The van der Waals surface area contributed by atoms with Crippen LogP contribution in [0.1, 0.15) is 23.4 Å². The molecular formula is C13H15N7O3. The molecule has 1 N–H and O–H groups in total. The van der Waals surface area contributed by atoms with E-state index in [9.17, 15) is 14.9 Å². The summed E-state index contributed by atoms with van der Waals surface area (Å²) in [6.45, 7) is 3.34. The van der Waals surface area contributed by atoms with Crippen LogP contribution in [0.25, 0.3) is 0 Å². The molecule has 0 atom stereocenters. The minimum absolute atomic E-state index is 0.0381. The Balaban J connectivity index is 2.06. The molecule has 1 amide bonds. The first-order chi connectivity index (χ1) is 10.8. The number of anilines is 1. The monoisotopic (exact) mass is 317 g/mol. The molecule has 2 aromatic heterocycles. The highest BCUT2D eigenvalue weighted by Gasteiger charge is 2.22. The third-order valence-electron chi connectivity index (χ3n) is 3.39. The van der Waals surface area contributed by atoms with Gasteiger partial charge >= 0.3 is 5.69 Å². The highest BCUT2D eigenvalue weighted by Crippen LogP contribution is 2.22. The van der Waals surface area contributed by atoms with Gasteiger partial charge in [-0.25, -0.2) is 0 Å². The fourth-order valence-electron chi connectivity index (χ4n) is 2.24. The minimum Gasteiger partial charge on any atom is -0.310 e. The summed E-state index contributed by atoms with van der Waals surface area (Å²) in [6, 6.07) is 1.94. The molecule has 0 radical (unpaired) electrons. The van der Waals surface area contributed by atoms with Crippen molar-refractivity contribution in [3.05, 3.63) is 33.3 Å². The van der Waals surface area contributed by atoms with E-state index in [0.29, 0.717) is 17.2 Å². The summed E-state index contributed by atoms with van der Waals surface area (Å²) in [5.74, 6) is -0.0165. The van der Waals surface area contributed by atoms with Crippen molar-refractivity contribution < 1.29 is 9.72 Å². The molecule has 120 valence electrons. The van der Waals surface area contributed by atoms with Gasteiger partial charge < -0.3 is 5.32 Å². The molecule has 0 fully saturated rings. The van der Waals surface area contributed by atoms with Crippen LogP contribution in [-0.4, -0.2) is 30.4 Å². The first-order valence-corrected chi connectivity index (χ1v) is 6.75. The number of aromatic nitrogens is 4. The zero-order valence-corrected chi connectivity index (χ0v) is 12.9. The van der Waals surface area contributed by atoms with Crippen LogP contribution in [0.5, 0.6) is 0 Å². The van der Waals surface area contributed by atoms with Crippen molar-refractivity contribution in [1.29, 1.82) is 5.26 Å². The second kappa shape index (κ2) is 6.27. The lowest BCUT2D eigenvalue weighted by Gasteiger charge is -2.07. The molecule has 2 heterocycles. The lowest BCUT2D eigenvalue weighted by molar-refractivity contribution is -0.386. The van der Waals surface area contributed by atoms with Gasteiger partial charge in [0.25, 0.3) is 0 Å². The first-order valence-electron chi connectivity index (χ1n) is 6.75. The quantitative estimate of drug-likeness (QED) is 0.647. The van der Waals surface area contributed by atoms with Gasteiger partial charge in [0, 0.05) is 13.5 Å². The molecule has 0 bridgehead atoms. The zero-order chi connectivity index (χ0) is 17.1. The minimum atomic E-state index is -0.483. The molecule has 10 nitrogen and oxygen atoms in total. The molecule has 0 saturated carbocycles. The van der Waals surface area contributed by atoms with Crippen LogP contribution >= 0.6 is 0 Å². The highest BCUT2D eigenvalue weighted by atomic mass is 16.6. The van der Waals surface area contributed by atoms with E-state index >= 15 is 0 Å². The molecule has 0 aromatic carbocycles. The molecule has 2 aromatic rings. The Labute approximate surface area is 131 Å². The van der Waals surface area contributed by atoms with E-state index in [1.54, 1.807) is 20.9 Å². The molecule has 0 saturated heterocycles. The van der Waals surface area contributed by atoms with Crippen molar-refractivity contribution in [2.24, 2.45) is 7.05 Å². The van der Waals surface area contributed by atoms with Crippen molar-refractivity contribution in [2.75, 3.05) is 5.32 Å². The third-order valence-corrected chi connectivity index (χ3v) is 3.39. The van der Waals surface area contributed by atoms with Crippen LogP contribution in [0, 0.1) is 35.3 Å². The second-order valence-corrected chi connectivity index (χ2v) is 4.94. The molecule has 0 aliphatic rings. The van der Waals surface area contributed by atoms with Crippen molar-refractivity contribution in [3.8, 4) is 6.07 Å². The third kappa shape index (κ3) is 3.18. The van der Waals surface area contributed by atoms with Crippen molar-refractivity contribution in [2.45, 2.75) is 26.8 Å². The van der Waals surface area contributed by atoms with Crippen LogP contribution in [-0.2, 0) is 18.4 Å². The highest BCUT2D eigenvalue weighted by molar-refractivity contribution is 5.91. The van der Waals surface area contributed by atoms with Gasteiger partial charge in [-0.1, -0.05) is 0 Å². The van der Waals surface area contributed by atoms with Gasteiger partial charge in [0.1, 0.15) is 28.8 Å². The van der Waals surface area contributed by atoms with Gasteiger partial charge in [-0.3, -0.25) is 24.3 Å². The lowest BCUT2D eigenvalue weighted by Crippen LogP contribution is -2.18. The first kappa shape index (κ1) is 16.2. The van der Waals surface area contributed by atoms with Crippen molar-refractivity contribution in [1.82, 2.24) is 19.6 Å². The number of carbonyl (C=O) groups is 1. The van der Waals surface area contributed by atoms with Gasteiger partial charge in [-0.2, -0.15) is 15.5 Å². The van der Waals surface area contributed by atoms with Crippen LogP contribution < -0.4 is 5.32 Å². The zero-order valence-electron chi connectivity index (χ0n) is 12.9. The number of amides is 1. The van der Waals surface area contributed by atoms with E-state index in [0.717, 1.165) is 0 Å². The molecule has 0 aliphatic heterocycles. The average Bonchev–Trinajstić information content (AvgIpc) is 2.97. The molecule has 0 spiro atoms. The summed E-state index contributed by atoms with van der Waals surface area (Å²) in [4.78, 5) is 22.5. The summed E-state index contributed by atoms with van der Waals surface area (Å²) in [5, 5.41) is 30.5. The van der Waals surface area contributed by atoms with Gasteiger partial charge in [-0.15, -0.1) is 0 Å². The number of nitrogens with one attached hydrogen (secondary N) is 1. The lowest BCUT2D eigenvalue weighted by atomic mass is 10.3. The summed E-state index contributed by atoms with van der Waals surface area (Å²) in [7, 11) is 1.61. The van der Waals surface area contributed by atoms with E-state index < -0.39 is 4.92 Å². The predicted octanol–water partition coefficient (Wildman–Crippen LogP) is 1.04. The Morgan fingerprint density at radius 1 is 1.52 bits per heavy atom. The number of nitro groups is 1. The smallest absolute Gasteiger partial charge is 0.310 e. The normalized spacial score (nSPS) is 10.3. The standard InChI is InChI=1S/C13H15N7O3/c1-8-12(20(22)23)9(2)19(17-8)5-4-11(21)16-13-10(6-14)7-15-18(13)3/h7H,4-5H2,1-3H3,(H,16,21). The fourth-order valence-corrected chi connectivity index (χ4v) is 2.24. The summed E-state index contributed by atoms with van der Waals surface area (Å²) in [5.41, 5.74) is 0.941. The second-order valence-electron chi connectivity index (χ2n) is 4.94. The molecule has 0 unspecified atom stereocenters. The predicted molar refractivity (Wildman–Crippen MR) is 79.5 cm³/mol. The molecule has 2 rings (SSSR count). The summed E-state index contributed by atoms with van der Waals surface area (Å²) >= 11 is 0. The van der Waals surface area contributed by atoms with Crippen molar-refractivity contribution in [3.63, 3.8) is 0 Å². The maximum absolute atomic E-state index is 12.0. The van der Waals surface area contributed by atoms with Crippen molar-refractivity contribution >= 4 is 17.4 Å². The number of rotatable bonds is 5. The molecule has 0 aliphatic carbocycles. The molecule has 23 heavy (non-hydrogen) atoms. The topological polar surface area (TPSA) is 132 Å². The average molecular weight is 317 g/mol. The Morgan fingerprint density at radius 3 is 2.78 bits per heavy atom. The van der Waals surface area contributed by atoms with Gasteiger partial charge in [-0.05, 0) is 13.8 Å². The maximum Gasteiger partial charge on any atom is 0.312 e. The Morgan fingerprint density at radius 2 is 2.22 bits per heavy atom. The number of hydrogen-bond donors (Lipinski definition) is 1. The van der Waals surface area contributed by atoms with E-state index in [2.05, 4.69) is 15.5 Å². The Hall–Kier alpha value is -3.22. The van der Waals surface area contributed by atoms with E-state index in [-0.39, 0.29) is 30.1 Å². The van der Waals surface area contributed by atoms with E-state index in [1.807, 2.05) is 6.07 Å². The van der Waals surface area contributed by atoms with Gasteiger partial charge in [0.2, 0.25) is 5.91 Å². The number of nitriles is 1. The largest absolute Gasteiger partial charge is 0.312 e. The molecular weight excluding hydrogens is 302 g/mol. The maximum atomic E-state index is 12.0. The fraction of sp³-hybridized carbons (Fsp3) is 0.385. The van der Waals surface area contributed by atoms with Gasteiger partial charge in [0.05, 0.1) is 17.7 Å². The Bertz CT molecular complexity index is 812. The number of carbonyl (C=O) groups excluding carboxylic acids is 1. The SMILES string of the molecule is Cc1nn(CCC(=O)Nc2c(C#N)cnn2C)c(C)c1[N+](=O)[O-]. The summed E-state index contributed by atoms with van der Waals surface area (Å²) < 4.78 is 2.83. The van der Waals surface area contributed by atoms with Crippen LogP contribution in [0.2, 0.25) is 0 Å². The number of nitrogens with zero attached hydrogens (tertiary/aromatic N) is 6. The summed E-state index contributed by atoms with van der Waals surface area (Å²) in [6.07, 6.45) is 1.43. The van der Waals surface area contributed by atoms with Crippen LogP contribution in [0.4, 0.5) is 11.5 Å². The van der Waals surface area contributed by atoms with E-state index in [1.165, 1.54) is 15.6 Å².